The van der Waals surface area contributed by atoms with Crippen molar-refractivity contribution >= 4 is 23.1 Å². The highest BCUT2D eigenvalue weighted by atomic mass is 35.5. The molecular weight excluding hydrogens is 198 g/mol. The molecule has 2 rings (SSSR count). The van der Waals surface area contributed by atoms with Gasteiger partial charge in [0.2, 0.25) is 0 Å². The average Bonchev–Trinajstić information content (AvgIpc) is 2.67. The number of para-hydroxylation sites is 1. The number of nitrogens with zero attached hydrogens (tertiary/aromatic N) is 2. The Morgan fingerprint density at radius 2 is 2.21 bits per heavy atom. The zero-order valence-corrected chi connectivity index (χ0v) is 8.75. The molecule has 0 aromatic heterocycles. The van der Waals surface area contributed by atoms with Crippen LogP contribution < -0.4 is 10.4 Å². The number of aliphatic imine (C=N–C) groups is 1. The molecule has 0 radical (unpaired) electrons. The van der Waals surface area contributed by atoms with E-state index in [0.717, 1.165) is 29.5 Å². The second kappa shape index (κ2) is 3.88. The molecule has 3 nitrogen and oxygen atoms in total. The SMILES string of the molecule is CN=C1CCN(c2ccccc2Cl)N1. The molecule has 0 saturated carbocycles. The van der Waals surface area contributed by atoms with Gasteiger partial charge in [0.25, 0.3) is 0 Å². The van der Waals surface area contributed by atoms with E-state index in [1.807, 2.05) is 29.3 Å². The highest BCUT2D eigenvalue weighted by Crippen LogP contribution is 2.25. The van der Waals surface area contributed by atoms with E-state index in [1.165, 1.54) is 0 Å². The van der Waals surface area contributed by atoms with Gasteiger partial charge in [-0.3, -0.25) is 15.4 Å². The van der Waals surface area contributed by atoms with Crippen LogP contribution in [0.1, 0.15) is 6.42 Å². The zero-order valence-electron chi connectivity index (χ0n) is 8.00. The van der Waals surface area contributed by atoms with Crippen LogP contribution in [-0.2, 0) is 0 Å². The Bertz CT molecular complexity index is 362. The van der Waals surface area contributed by atoms with Gasteiger partial charge in [0.05, 0.1) is 10.7 Å². The molecule has 14 heavy (non-hydrogen) atoms. The maximum Gasteiger partial charge on any atom is 0.116 e. The van der Waals surface area contributed by atoms with Gasteiger partial charge in [-0.25, -0.2) is 0 Å². The number of benzene rings is 1. The van der Waals surface area contributed by atoms with E-state index in [9.17, 15) is 0 Å². The van der Waals surface area contributed by atoms with Gasteiger partial charge >= 0.3 is 0 Å². The first-order valence-electron chi connectivity index (χ1n) is 4.55. The summed E-state index contributed by atoms with van der Waals surface area (Å²) in [4.78, 5) is 4.11. The van der Waals surface area contributed by atoms with E-state index in [1.54, 1.807) is 7.05 Å². The Morgan fingerprint density at radius 1 is 1.43 bits per heavy atom. The normalized spacial score (nSPS) is 18.7. The van der Waals surface area contributed by atoms with Gasteiger partial charge in [0.1, 0.15) is 5.84 Å². The maximum atomic E-state index is 6.07. The third kappa shape index (κ3) is 1.68. The molecule has 1 N–H and O–H groups in total. The van der Waals surface area contributed by atoms with Crippen LogP contribution >= 0.6 is 11.6 Å². The highest BCUT2D eigenvalue weighted by molar-refractivity contribution is 6.33. The number of amidine groups is 1. The van der Waals surface area contributed by atoms with Gasteiger partial charge in [-0.15, -0.1) is 0 Å². The van der Waals surface area contributed by atoms with Crippen molar-refractivity contribution in [2.75, 3.05) is 18.6 Å². The van der Waals surface area contributed by atoms with Crippen molar-refractivity contribution < 1.29 is 0 Å². The molecular formula is C10H12ClN3. The van der Waals surface area contributed by atoms with Crippen LogP contribution in [0.2, 0.25) is 5.02 Å². The van der Waals surface area contributed by atoms with Crippen LogP contribution in [0.15, 0.2) is 29.3 Å². The summed E-state index contributed by atoms with van der Waals surface area (Å²) < 4.78 is 0. The number of hydrogen-bond acceptors (Lipinski definition) is 2. The summed E-state index contributed by atoms with van der Waals surface area (Å²) in [6, 6.07) is 7.79. The summed E-state index contributed by atoms with van der Waals surface area (Å²) in [6.45, 7) is 0.913. The molecule has 1 aliphatic heterocycles. The molecule has 0 amide bonds. The molecule has 1 fully saturated rings. The minimum Gasteiger partial charge on any atom is -0.285 e. The molecule has 0 bridgehead atoms. The number of rotatable bonds is 1. The van der Waals surface area contributed by atoms with Crippen molar-refractivity contribution in [2.45, 2.75) is 6.42 Å². The Kier molecular flexibility index (Phi) is 2.59. The fourth-order valence-corrected chi connectivity index (χ4v) is 1.74. The largest absolute Gasteiger partial charge is 0.285 e. The summed E-state index contributed by atoms with van der Waals surface area (Å²) >= 11 is 6.07. The Morgan fingerprint density at radius 3 is 2.86 bits per heavy atom. The molecule has 1 aromatic rings. The number of hydrogen-bond donors (Lipinski definition) is 1. The van der Waals surface area contributed by atoms with E-state index >= 15 is 0 Å². The van der Waals surface area contributed by atoms with Gasteiger partial charge < -0.3 is 0 Å². The molecule has 1 aliphatic rings. The maximum absolute atomic E-state index is 6.07. The molecule has 0 atom stereocenters. The second-order valence-electron chi connectivity index (χ2n) is 3.14. The summed E-state index contributed by atoms with van der Waals surface area (Å²) in [5.41, 5.74) is 4.20. The van der Waals surface area contributed by atoms with Crippen LogP contribution in [0.25, 0.3) is 0 Å². The molecule has 0 spiro atoms. The van der Waals surface area contributed by atoms with Crippen molar-refractivity contribution in [1.82, 2.24) is 5.43 Å². The van der Waals surface area contributed by atoms with Crippen LogP contribution in [0.5, 0.6) is 0 Å². The van der Waals surface area contributed by atoms with Gasteiger partial charge in [0, 0.05) is 20.0 Å². The lowest BCUT2D eigenvalue weighted by atomic mass is 10.3. The van der Waals surface area contributed by atoms with Crippen molar-refractivity contribution in [3.8, 4) is 0 Å². The fraction of sp³-hybridized carbons (Fsp3) is 0.300. The Labute approximate surface area is 88.4 Å². The van der Waals surface area contributed by atoms with Gasteiger partial charge in [-0.2, -0.15) is 0 Å². The van der Waals surface area contributed by atoms with E-state index in [2.05, 4.69) is 10.4 Å². The monoisotopic (exact) mass is 209 g/mol. The summed E-state index contributed by atoms with van der Waals surface area (Å²) in [5.74, 6) is 1.00. The smallest absolute Gasteiger partial charge is 0.116 e. The predicted octanol–water partition coefficient (Wildman–Crippen LogP) is 2.08. The highest BCUT2D eigenvalue weighted by Gasteiger charge is 2.18. The first kappa shape index (κ1) is 9.34. The Balaban J connectivity index is 2.21. The van der Waals surface area contributed by atoms with Crippen LogP contribution in [0.3, 0.4) is 0 Å². The first-order chi connectivity index (χ1) is 6.81. The first-order valence-corrected chi connectivity index (χ1v) is 4.93. The predicted molar refractivity (Wildman–Crippen MR) is 59.9 cm³/mol. The minimum atomic E-state index is 0.761. The number of halogens is 1. The summed E-state index contributed by atoms with van der Waals surface area (Å²) in [6.07, 6.45) is 0.946. The molecule has 1 aromatic carbocycles. The molecule has 0 aliphatic carbocycles. The molecule has 1 heterocycles. The molecule has 0 unspecified atom stereocenters. The van der Waals surface area contributed by atoms with Crippen molar-refractivity contribution in [3.05, 3.63) is 29.3 Å². The van der Waals surface area contributed by atoms with E-state index in [4.69, 9.17) is 11.6 Å². The van der Waals surface area contributed by atoms with Gasteiger partial charge in [0.15, 0.2) is 0 Å². The van der Waals surface area contributed by atoms with Gasteiger partial charge in [-0.05, 0) is 12.1 Å². The van der Waals surface area contributed by atoms with Crippen molar-refractivity contribution in [2.24, 2.45) is 4.99 Å². The topological polar surface area (TPSA) is 27.6 Å². The standard InChI is InChI=1S/C10H12ClN3/c1-12-10-6-7-14(13-10)9-5-3-2-4-8(9)11/h2-5H,6-7H2,1H3,(H,12,13). The lowest BCUT2D eigenvalue weighted by molar-refractivity contribution is 0.858. The third-order valence-electron chi connectivity index (χ3n) is 2.25. The van der Waals surface area contributed by atoms with Crippen molar-refractivity contribution in [3.63, 3.8) is 0 Å². The zero-order chi connectivity index (χ0) is 9.97. The second-order valence-corrected chi connectivity index (χ2v) is 3.54. The number of anilines is 1. The summed E-state index contributed by atoms with van der Waals surface area (Å²) in [5, 5.41) is 2.78. The van der Waals surface area contributed by atoms with E-state index < -0.39 is 0 Å². The van der Waals surface area contributed by atoms with Crippen LogP contribution in [0.4, 0.5) is 5.69 Å². The van der Waals surface area contributed by atoms with Gasteiger partial charge in [-0.1, -0.05) is 23.7 Å². The van der Waals surface area contributed by atoms with E-state index in [-0.39, 0.29) is 0 Å². The minimum absolute atomic E-state index is 0.761. The Hall–Kier alpha value is -1.22. The summed E-state index contributed by atoms with van der Waals surface area (Å²) in [7, 11) is 1.79. The quantitative estimate of drug-likeness (QED) is 0.767. The third-order valence-corrected chi connectivity index (χ3v) is 2.57. The van der Waals surface area contributed by atoms with Crippen LogP contribution in [0, 0.1) is 0 Å². The lowest BCUT2D eigenvalue weighted by Gasteiger charge is -2.18. The molecule has 74 valence electrons. The van der Waals surface area contributed by atoms with Crippen molar-refractivity contribution in [1.29, 1.82) is 0 Å². The average molecular weight is 210 g/mol. The number of hydrazine groups is 1. The molecule has 4 heteroatoms. The number of nitrogens with one attached hydrogen (secondary N) is 1. The van der Waals surface area contributed by atoms with Crippen LogP contribution in [-0.4, -0.2) is 19.4 Å². The lowest BCUT2D eigenvalue weighted by Crippen LogP contribution is -2.33. The molecule has 1 saturated heterocycles. The fourth-order valence-electron chi connectivity index (χ4n) is 1.50. The van der Waals surface area contributed by atoms with E-state index in [0.29, 0.717) is 0 Å².